The van der Waals surface area contributed by atoms with Gasteiger partial charge in [0.05, 0.1) is 0 Å². The zero-order valence-electron chi connectivity index (χ0n) is 12.0. The molecule has 0 saturated heterocycles. The molecule has 19 heavy (non-hydrogen) atoms. The molecule has 2 heteroatoms. The number of benzene rings is 2. The molecule has 0 amide bonds. The van der Waals surface area contributed by atoms with E-state index in [2.05, 4.69) is 56.1 Å². The molecule has 0 spiro atoms. The third kappa shape index (κ3) is 3.50. The van der Waals surface area contributed by atoms with Gasteiger partial charge in [-0.1, -0.05) is 23.8 Å². The molecule has 0 aliphatic rings. The van der Waals surface area contributed by atoms with Crippen molar-refractivity contribution >= 4 is 11.4 Å². The second kappa shape index (κ2) is 5.79. The standard InChI is InChI=1S/C17H22N2/c1-13-4-5-15(14(2)12-13)10-11-19(3)17-8-6-16(18)7-9-17/h4-9,12H,10-11,18H2,1-3H3. The fourth-order valence-electron chi connectivity index (χ4n) is 2.27. The quantitative estimate of drug-likeness (QED) is 0.845. The Kier molecular flexibility index (Phi) is 4.10. The summed E-state index contributed by atoms with van der Waals surface area (Å²) in [5, 5.41) is 0. The molecule has 2 rings (SSSR count). The van der Waals surface area contributed by atoms with Crippen LogP contribution in [0.2, 0.25) is 0 Å². The molecule has 0 fully saturated rings. The molecule has 0 atom stereocenters. The van der Waals surface area contributed by atoms with E-state index in [0.29, 0.717) is 0 Å². The van der Waals surface area contributed by atoms with Gasteiger partial charge in [0.1, 0.15) is 0 Å². The van der Waals surface area contributed by atoms with Crippen LogP contribution in [0.5, 0.6) is 0 Å². The monoisotopic (exact) mass is 254 g/mol. The maximum Gasteiger partial charge on any atom is 0.0365 e. The van der Waals surface area contributed by atoms with Crippen molar-refractivity contribution in [2.75, 3.05) is 24.2 Å². The predicted molar refractivity (Wildman–Crippen MR) is 83.7 cm³/mol. The summed E-state index contributed by atoms with van der Waals surface area (Å²) in [5.41, 5.74) is 11.9. The number of nitrogens with zero attached hydrogens (tertiary/aromatic N) is 1. The summed E-state index contributed by atoms with van der Waals surface area (Å²) in [6.45, 7) is 5.33. The molecule has 2 nitrogen and oxygen atoms in total. The van der Waals surface area contributed by atoms with Gasteiger partial charge in [-0.15, -0.1) is 0 Å². The average molecular weight is 254 g/mol. The van der Waals surface area contributed by atoms with E-state index < -0.39 is 0 Å². The van der Waals surface area contributed by atoms with Crippen LogP contribution in [0.15, 0.2) is 42.5 Å². The van der Waals surface area contributed by atoms with Gasteiger partial charge in [0, 0.05) is 25.0 Å². The minimum absolute atomic E-state index is 0.812. The third-order valence-electron chi connectivity index (χ3n) is 3.55. The summed E-state index contributed by atoms with van der Waals surface area (Å²) in [6.07, 6.45) is 1.06. The van der Waals surface area contributed by atoms with Gasteiger partial charge >= 0.3 is 0 Å². The molecule has 0 aromatic heterocycles. The minimum Gasteiger partial charge on any atom is -0.399 e. The Hall–Kier alpha value is -1.96. The highest BCUT2D eigenvalue weighted by Gasteiger charge is 2.03. The van der Waals surface area contributed by atoms with Crippen LogP contribution in [0, 0.1) is 13.8 Å². The second-order valence-electron chi connectivity index (χ2n) is 5.19. The summed E-state index contributed by atoms with van der Waals surface area (Å²) in [7, 11) is 2.12. The maximum absolute atomic E-state index is 5.71. The smallest absolute Gasteiger partial charge is 0.0365 e. The SMILES string of the molecule is Cc1ccc(CCN(C)c2ccc(N)cc2)c(C)c1. The number of hydrogen-bond donors (Lipinski definition) is 1. The number of anilines is 2. The molecule has 0 aliphatic carbocycles. The Morgan fingerprint density at radius 3 is 2.32 bits per heavy atom. The number of aryl methyl sites for hydroxylation is 2. The van der Waals surface area contributed by atoms with E-state index in [4.69, 9.17) is 5.73 Å². The lowest BCUT2D eigenvalue weighted by molar-refractivity contribution is 0.871. The molecule has 0 heterocycles. The van der Waals surface area contributed by atoms with Crippen LogP contribution in [0.3, 0.4) is 0 Å². The normalized spacial score (nSPS) is 10.5. The zero-order chi connectivity index (χ0) is 13.8. The molecule has 2 aromatic rings. The number of nitrogens with two attached hydrogens (primary N) is 1. The van der Waals surface area contributed by atoms with Crippen LogP contribution in [-0.2, 0) is 6.42 Å². The van der Waals surface area contributed by atoms with E-state index in [1.165, 1.54) is 22.4 Å². The van der Waals surface area contributed by atoms with Gasteiger partial charge in [0.25, 0.3) is 0 Å². The first kappa shape index (κ1) is 13.5. The molecule has 0 radical (unpaired) electrons. The van der Waals surface area contributed by atoms with Gasteiger partial charge in [-0.05, 0) is 55.7 Å². The molecule has 0 aliphatic heterocycles. The van der Waals surface area contributed by atoms with Gasteiger partial charge in [0.15, 0.2) is 0 Å². The van der Waals surface area contributed by atoms with Crippen LogP contribution < -0.4 is 10.6 Å². The summed E-state index contributed by atoms with van der Waals surface area (Å²) in [6, 6.07) is 14.7. The predicted octanol–water partition coefficient (Wildman–Crippen LogP) is 3.56. The van der Waals surface area contributed by atoms with Gasteiger partial charge < -0.3 is 10.6 Å². The topological polar surface area (TPSA) is 29.3 Å². The highest BCUT2D eigenvalue weighted by atomic mass is 15.1. The van der Waals surface area contributed by atoms with Gasteiger partial charge in [-0.2, -0.15) is 0 Å². The van der Waals surface area contributed by atoms with E-state index in [1.54, 1.807) is 0 Å². The minimum atomic E-state index is 0.812. The Balaban J connectivity index is 2.00. The first-order valence-corrected chi connectivity index (χ1v) is 6.69. The number of hydrogen-bond acceptors (Lipinski definition) is 2. The molecular weight excluding hydrogens is 232 g/mol. The van der Waals surface area contributed by atoms with E-state index >= 15 is 0 Å². The molecule has 0 unspecified atom stereocenters. The second-order valence-corrected chi connectivity index (χ2v) is 5.19. The molecular formula is C17H22N2. The molecule has 100 valence electrons. The van der Waals surface area contributed by atoms with Crippen molar-refractivity contribution in [1.82, 2.24) is 0 Å². The fraction of sp³-hybridized carbons (Fsp3) is 0.294. The van der Waals surface area contributed by atoms with Crippen molar-refractivity contribution in [3.8, 4) is 0 Å². The first-order valence-electron chi connectivity index (χ1n) is 6.69. The van der Waals surface area contributed by atoms with Crippen molar-refractivity contribution in [3.63, 3.8) is 0 Å². The first-order chi connectivity index (χ1) is 9.06. The highest BCUT2D eigenvalue weighted by Crippen LogP contribution is 2.16. The van der Waals surface area contributed by atoms with E-state index in [1.807, 2.05) is 12.1 Å². The Labute approximate surface area is 115 Å². The van der Waals surface area contributed by atoms with Crippen LogP contribution in [0.25, 0.3) is 0 Å². The Morgan fingerprint density at radius 2 is 1.68 bits per heavy atom. The van der Waals surface area contributed by atoms with Gasteiger partial charge in [0.2, 0.25) is 0 Å². The summed E-state index contributed by atoms with van der Waals surface area (Å²) in [5.74, 6) is 0. The van der Waals surface area contributed by atoms with Gasteiger partial charge in [-0.25, -0.2) is 0 Å². The van der Waals surface area contributed by atoms with Crippen LogP contribution in [0.1, 0.15) is 16.7 Å². The lowest BCUT2D eigenvalue weighted by atomic mass is 10.0. The van der Waals surface area contributed by atoms with Crippen LogP contribution in [-0.4, -0.2) is 13.6 Å². The number of nitrogen functional groups attached to an aromatic ring is 1. The number of rotatable bonds is 4. The zero-order valence-corrected chi connectivity index (χ0v) is 12.0. The van der Waals surface area contributed by atoms with Crippen molar-refractivity contribution in [2.24, 2.45) is 0 Å². The average Bonchev–Trinajstić information content (AvgIpc) is 2.38. The largest absolute Gasteiger partial charge is 0.399 e. The van der Waals surface area contributed by atoms with Gasteiger partial charge in [-0.3, -0.25) is 0 Å². The fourth-order valence-corrected chi connectivity index (χ4v) is 2.27. The highest BCUT2D eigenvalue weighted by molar-refractivity contribution is 5.52. The van der Waals surface area contributed by atoms with E-state index in [0.717, 1.165) is 18.7 Å². The molecule has 0 saturated carbocycles. The van der Waals surface area contributed by atoms with Crippen molar-refractivity contribution < 1.29 is 0 Å². The molecule has 0 bridgehead atoms. The molecule has 2 N–H and O–H groups in total. The van der Waals surface area contributed by atoms with E-state index in [-0.39, 0.29) is 0 Å². The molecule has 2 aromatic carbocycles. The maximum atomic E-state index is 5.71. The Bertz CT molecular complexity index is 544. The van der Waals surface area contributed by atoms with Crippen LogP contribution >= 0.6 is 0 Å². The number of likely N-dealkylation sites (N-methyl/N-ethyl adjacent to an activating group) is 1. The lowest BCUT2D eigenvalue weighted by Gasteiger charge is -2.20. The van der Waals surface area contributed by atoms with Crippen molar-refractivity contribution in [2.45, 2.75) is 20.3 Å². The summed E-state index contributed by atoms with van der Waals surface area (Å²) >= 11 is 0. The Morgan fingerprint density at radius 1 is 1.00 bits per heavy atom. The van der Waals surface area contributed by atoms with Crippen molar-refractivity contribution in [3.05, 3.63) is 59.2 Å². The van der Waals surface area contributed by atoms with Crippen molar-refractivity contribution in [1.29, 1.82) is 0 Å². The van der Waals surface area contributed by atoms with E-state index in [9.17, 15) is 0 Å². The lowest BCUT2D eigenvalue weighted by Crippen LogP contribution is -2.20. The third-order valence-corrected chi connectivity index (χ3v) is 3.55. The summed E-state index contributed by atoms with van der Waals surface area (Å²) in [4.78, 5) is 2.26. The summed E-state index contributed by atoms with van der Waals surface area (Å²) < 4.78 is 0. The van der Waals surface area contributed by atoms with Crippen LogP contribution in [0.4, 0.5) is 11.4 Å².